The summed E-state index contributed by atoms with van der Waals surface area (Å²) < 4.78 is 5.25. The van der Waals surface area contributed by atoms with Crippen molar-refractivity contribution >= 4 is 27.9 Å². The molecule has 1 amide bonds. The quantitative estimate of drug-likeness (QED) is 0.570. The highest BCUT2D eigenvalue weighted by Crippen LogP contribution is 2.29. The number of nitrogens with zero attached hydrogens (tertiary/aromatic N) is 2. The predicted molar refractivity (Wildman–Crippen MR) is 129 cm³/mol. The van der Waals surface area contributed by atoms with E-state index in [1.807, 2.05) is 30.3 Å². The van der Waals surface area contributed by atoms with Gasteiger partial charge in [0.25, 0.3) is 0 Å². The van der Waals surface area contributed by atoms with Crippen LogP contribution in [-0.2, 0) is 4.79 Å². The number of carbonyl (C=O) groups is 1. The first-order valence-electron chi connectivity index (χ1n) is 10.8. The maximum Gasteiger partial charge on any atom is 0.242 e. The summed E-state index contributed by atoms with van der Waals surface area (Å²) in [4.78, 5) is 17.7. The number of rotatable bonds is 7. The molecule has 1 fully saturated rings. The molecular formula is C25H29N3O2S. The molecule has 0 saturated carbocycles. The van der Waals surface area contributed by atoms with Gasteiger partial charge in [0, 0.05) is 37.2 Å². The number of thiophene rings is 1. The van der Waals surface area contributed by atoms with Crippen LogP contribution in [0.2, 0.25) is 0 Å². The zero-order chi connectivity index (χ0) is 21.6. The molecule has 1 aromatic heterocycles. The lowest BCUT2D eigenvalue weighted by molar-refractivity contribution is -0.121. The minimum Gasteiger partial charge on any atom is -0.497 e. The smallest absolute Gasteiger partial charge is 0.242 e. The number of ether oxygens (including phenoxy) is 1. The van der Waals surface area contributed by atoms with Crippen LogP contribution in [0, 0.1) is 0 Å². The molecule has 0 bridgehead atoms. The third kappa shape index (κ3) is 5.09. The van der Waals surface area contributed by atoms with Crippen molar-refractivity contribution in [1.29, 1.82) is 0 Å². The van der Waals surface area contributed by atoms with Gasteiger partial charge in [-0.25, -0.2) is 0 Å². The van der Waals surface area contributed by atoms with Gasteiger partial charge in [0.05, 0.1) is 18.2 Å². The molecule has 162 valence electrons. The van der Waals surface area contributed by atoms with Crippen molar-refractivity contribution in [2.24, 2.45) is 0 Å². The van der Waals surface area contributed by atoms with Gasteiger partial charge in [0.15, 0.2) is 0 Å². The van der Waals surface area contributed by atoms with Crippen LogP contribution >= 0.6 is 11.3 Å². The van der Waals surface area contributed by atoms with Gasteiger partial charge >= 0.3 is 0 Å². The van der Waals surface area contributed by atoms with E-state index < -0.39 is 0 Å². The van der Waals surface area contributed by atoms with E-state index in [-0.39, 0.29) is 11.9 Å². The lowest BCUT2D eigenvalue weighted by Crippen LogP contribution is -2.53. The van der Waals surface area contributed by atoms with Crippen LogP contribution in [0.3, 0.4) is 0 Å². The normalized spacial score (nSPS) is 15.5. The van der Waals surface area contributed by atoms with E-state index in [0.717, 1.165) is 48.9 Å². The van der Waals surface area contributed by atoms with Crippen molar-refractivity contribution in [3.05, 3.63) is 66.0 Å². The Bertz CT molecular complexity index is 980. The SMILES string of the molecule is CCC(C(=O)Nc1cc(-c2ccccc2)cs1)N1CCN(c2ccc(OC)cc2)CC1. The summed E-state index contributed by atoms with van der Waals surface area (Å²) in [5, 5.41) is 6.15. The molecule has 31 heavy (non-hydrogen) atoms. The average Bonchev–Trinajstić information content (AvgIpc) is 3.29. The first-order valence-corrected chi connectivity index (χ1v) is 11.6. The zero-order valence-corrected chi connectivity index (χ0v) is 18.9. The largest absolute Gasteiger partial charge is 0.497 e. The second-order valence-electron chi connectivity index (χ2n) is 7.70. The summed E-state index contributed by atoms with van der Waals surface area (Å²) in [6.07, 6.45) is 0.797. The molecule has 5 nitrogen and oxygen atoms in total. The molecule has 0 aliphatic carbocycles. The fourth-order valence-corrected chi connectivity index (χ4v) is 4.90. The number of amides is 1. The Labute approximate surface area is 188 Å². The van der Waals surface area contributed by atoms with Crippen LogP contribution < -0.4 is 15.0 Å². The van der Waals surface area contributed by atoms with Gasteiger partial charge in [-0.15, -0.1) is 11.3 Å². The summed E-state index contributed by atoms with van der Waals surface area (Å²) in [5.41, 5.74) is 3.51. The lowest BCUT2D eigenvalue weighted by atomic mass is 10.1. The molecule has 1 saturated heterocycles. The van der Waals surface area contributed by atoms with Crippen molar-refractivity contribution in [3.8, 4) is 16.9 Å². The number of anilines is 2. The Morgan fingerprint density at radius 2 is 1.74 bits per heavy atom. The fraction of sp³-hybridized carbons (Fsp3) is 0.320. The zero-order valence-electron chi connectivity index (χ0n) is 18.1. The minimum absolute atomic E-state index is 0.0851. The summed E-state index contributed by atoms with van der Waals surface area (Å²) in [6, 6.07) is 20.4. The topological polar surface area (TPSA) is 44.8 Å². The van der Waals surface area contributed by atoms with E-state index in [1.54, 1.807) is 18.4 Å². The summed E-state index contributed by atoms with van der Waals surface area (Å²) in [7, 11) is 1.68. The predicted octanol–water partition coefficient (Wildman–Crippen LogP) is 4.96. The molecule has 2 aromatic carbocycles. The van der Waals surface area contributed by atoms with Gasteiger partial charge in [-0.3, -0.25) is 9.69 Å². The molecule has 1 aliphatic heterocycles. The number of hydrogen-bond acceptors (Lipinski definition) is 5. The second-order valence-corrected chi connectivity index (χ2v) is 8.61. The Morgan fingerprint density at radius 1 is 1.03 bits per heavy atom. The summed E-state index contributed by atoms with van der Waals surface area (Å²) in [5.74, 6) is 0.955. The molecule has 0 radical (unpaired) electrons. The van der Waals surface area contributed by atoms with Gasteiger partial charge in [-0.2, -0.15) is 0 Å². The lowest BCUT2D eigenvalue weighted by Gasteiger charge is -2.39. The molecule has 6 heteroatoms. The summed E-state index contributed by atoms with van der Waals surface area (Å²) >= 11 is 1.58. The first kappa shape index (κ1) is 21.4. The van der Waals surface area contributed by atoms with Crippen LogP contribution in [0.5, 0.6) is 5.75 Å². The first-order chi connectivity index (χ1) is 15.2. The number of piperazine rings is 1. The number of benzene rings is 2. The summed E-state index contributed by atoms with van der Waals surface area (Å²) in [6.45, 7) is 5.65. The van der Waals surface area contributed by atoms with Crippen LogP contribution in [0.1, 0.15) is 13.3 Å². The molecule has 1 atom stereocenters. The van der Waals surface area contributed by atoms with E-state index in [4.69, 9.17) is 4.74 Å². The molecule has 4 rings (SSSR count). The Balaban J connectivity index is 1.34. The van der Waals surface area contributed by atoms with Crippen molar-refractivity contribution in [1.82, 2.24) is 4.90 Å². The Morgan fingerprint density at radius 3 is 2.39 bits per heavy atom. The van der Waals surface area contributed by atoms with Gasteiger partial charge < -0.3 is 15.0 Å². The maximum atomic E-state index is 13.0. The molecule has 1 unspecified atom stereocenters. The van der Waals surface area contributed by atoms with Gasteiger partial charge in [-0.1, -0.05) is 37.3 Å². The minimum atomic E-state index is -0.111. The molecular weight excluding hydrogens is 406 g/mol. The van der Waals surface area contributed by atoms with Crippen LogP contribution in [-0.4, -0.2) is 50.1 Å². The maximum absolute atomic E-state index is 13.0. The standard InChI is InChI=1S/C25H29N3O2S/c1-3-23(25(29)26-24-17-20(18-31-24)19-7-5-4-6-8-19)28-15-13-27(14-16-28)21-9-11-22(30-2)12-10-21/h4-12,17-18,23H,3,13-16H2,1-2H3,(H,26,29). The molecule has 3 aromatic rings. The Kier molecular flexibility index (Phi) is 6.89. The van der Waals surface area contributed by atoms with E-state index in [0.29, 0.717) is 0 Å². The number of methoxy groups -OCH3 is 1. The fourth-order valence-electron chi connectivity index (χ4n) is 4.08. The third-order valence-electron chi connectivity index (χ3n) is 5.83. The monoisotopic (exact) mass is 435 g/mol. The van der Waals surface area contributed by atoms with Crippen molar-refractivity contribution in [3.63, 3.8) is 0 Å². The van der Waals surface area contributed by atoms with Crippen LogP contribution in [0.15, 0.2) is 66.0 Å². The number of nitrogens with one attached hydrogen (secondary N) is 1. The molecule has 1 aliphatic rings. The van der Waals surface area contributed by atoms with Crippen molar-refractivity contribution in [2.75, 3.05) is 43.5 Å². The van der Waals surface area contributed by atoms with Crippen LogP contribution in [0.25, 0.3) is 11.1 Å². The van der Waals surface area contributed by atoms with E-state index in [1.165, 1.54) is 11.3 Å². The van der Waals surface area contributed by atoms with Crippen molar-refractivity contribution in [2.45, 2.75) is 19.4 Å². The number of carbonyl (C=O) groups excluding carboxylic acids is 1. The second kappa shape index (κ2) is 9.98. The van der Waals surface area contributed by atoms with Gasteiger partial charge in [-0.05, 0) is 47.9 Å². The van der Waals surface area contributed by atoms with E-state index >= 15 is 0 Å². The molecule has 0 spiro atoms. The Hall–Kier alpha value is -2.83. The highest BCUT2D eigenvalue weighted by atomic mass is 32.1. The average molecular weight is 436 g/mol. The highest BCUT2D eigenvalue weighted by Gasteiger charge is 2.28. The molecule has 1 N–H and O–H groups in total. The van der Waals surface area contributed by atoms with Crippen LogP contribution in [0.4, 0.5) is 10.7 Å². The molecule has 2 heterocycles. The highest BCUT2D eigenvalue weighted by molar-refractivity contribution is 7.14. The third-order valence-corrected chi connectivity index (χ3v) is 6.68. The van der Waals surface area contributed by atoms with Gasteiger partial charge in [0.2, 0.25) is 5.91 Å². The van der Waals surface area contributed by atoms with E-state index in [2.05, 4.69) is 57.8 Å². The number of hydrogen-bond donors (Lipinski definition) is 1. The van der Waals surface area contributed by atoms with Gasteiger partial charge in [0.1, 0.15) is 5.75 Å². The van der Waals surface area contributed by atoms with E-state index in [9.17, 15) is 4.79 Å². The van der Waals surface area contributed by atoms with Crippen molar-refractivity contribution < 1.29 is 9.53 Å².